The molecule has 0 aliphatic heterocycles. The molecule has 0 radical (unpaired) electrons. The second kappa shape index (κ2) is 18.5. The topological polar surface area (TPSA) is 97.7 Å². The first-order valence-corrected chi connectivity index (χ1v) is 9.50. The number of aromatic hydroxyl groups is 1. The van der Waals surface area contributed by atoms with Crippen molar-refractivity contribution in [1.29, 1.82) is 0 Å². The fourth-order valence-electron chi connectivity index (χ4n) is 2.40. The number of aliphatic hydroxyl groups excluding tert-OH is 1. The van der Waals surface area contributed by atoms with Crippen LogP contribution in [0.4, 0.5) is 0 Å². The third-order valence-corrected chi connectivity index (χ3v) is 4.02. The van der Waals surface area contributed by atoms with Gasteiger partial charge in [-0.3, -0.25) is 0 Å². The molecule has 0 aromatic heterocycles. The van der Waals surface area contributed by atoms with Gasteiger partial charge in [-0.05, 0) is 50.3 Å². The molecule has 6 heteroatoms. The maximum Gasteiger partial charge on any atom is 1.00 e. The molecule has 0 heterocycles. The number of phenols is 1. The maximum atomic E-state index is 10.6. The molecule has 1 aromatic rings. The van der Waals surface area contributed by atoms with Gasteiger partial charge >= 0.3 is 29.6 Å². The molecule has 2 N–H and O–H groups in total. The second-order valence-corrected chi connectivity index (χ2v) is 6.64. The minimum Gasteiger partial charge on any atom is -0.550 e. The van der Waals surface area contributed by atoms with Crippen LogP contribution in [-0.4, -0.2) is 28.1 Å². The van der Waals surface area contributed by atoms with Crippen LogP contribution in [0.5, 0.6) is 5.75 Å². The summed E-state index contributed by atoms with van der Waals surface area (Å²) in [7, 11) is 0. The normalized spacial score (nSPS) is 10.9. The number of carbonyl (C=O) groups excluding carboxylic acids is 2. The van der Waals surface area contributed by atoms with Crippen LogP contribution in [0.1, 0.15) is 77.2 Å². The average Bonchev–Trinajstić information content (AvgIpc) is 2.60. The number of ketones is 1. The van der Waals surface area contributed by atoms with Gasteiger partial charge in [-0.25, -0.2) is 0 Å². The van der Waals surface area contributed by atoms with E-state index >= 15 is 0 Å². The minimum absolute atomic E-state index is 0. The summed E-state index contributed by atoms with van der Waals surface area (Å²) in [4.78, 5) is 20.7. The molecule has 1 rings (SSSR count). The number of hydrogen-bond donors (Lipinski definition) is 2. The molecule has 0 fully saturated rings. The van der Waals surface area contributed by atoms with E-state index in [-0.39, 0.29) is 47.5 Å². The number of aliphatic hydroxyl groups is 1. The van der Waals surface area contributed by atoms with E-state index in [0.717, 1.165) is 31.2 Å². The van der Waals surface area contributed by atoms with Crippen molar-refractivity contribution in [1.82, 2.24) is 0 Å². The van der Waals surface area contributed by atoms with Crippen molar-refractivity contribution in [3.63, 3.8) is 0 Å². The number of carboxylic acids is 1. The minimum atomic E-state index is -1.07. The van der Waals surface area contributed by atoms with Gasteiger partial charge in [0.15, 0.2) is 0 Å². The van der Waals surface area contributed by atoms with Crippen LogP contribution in [0.2, 0.25) is 0 Å². The zero-order chi connectivity index (χ0) is 19.8. The summed E-state index contributed by atoms with van der Waals surface area (Å²) >= 11 is 0. The molecule has 0 amide bonds. The number of carbonyl (C=O) groups is 2. The molecule has 1 unspecified atom stereocenters. The van der Waals surface area contributed by atoms with E-state index in [1.54, 1.807) is 19.1 Å². The zero-order valence-corrected chi connectivity index (χ0v) is 19.1. The Bertz CT molecular complexity index is 502. The molecule has 5 nitrogen and oxygen atoms in total. The summed E-state index contributed by atoms with van der Waals surface area (Å²) in [5.74, 6) is -0.611. The molecule has 1 atom stereocenters. The van der Waals surface area contributed by atoms with Crippen LogP contribution < -0.4 is 34.7 Å². The van der Waals surface area contributed by atoms with Crippen molar-refractivity contribution >= 4 is 11.8 Å². The standard InChI is InChI=1S/C11H22O3.C10H12O2.Na/c1-2-3-4-5-6-7-10(12)8-9-11(13)14;1-8(11)2-3-9-4-6-10(12)7-5-9;/h10,12H,2-9H2,1H3,(H,13,14);4-7,12H,2-3H2,1H3;/q;;+1/p-1. The number of aliphatic carboxylic acids is 1. The molecule has 1 aromatic carbocycles. The van der Waals surface area contributed by atoms with Crippen molar-refractivity contribution in [2.24, 2.45) is 0 Å². The average molecular weight is 388 g/mol. The smallest absolute Gasteiger partial charge is 0.550 e. The first-order valence-electron chi connectivity index (χ1n) is 9.50. The Hall–Kier alpha value is -0.880. The summed E-state index contributed by atoms with van der Waals surface area (Å²) in [6.45, 7) is 3.75. The Balaban J connectivity index is 0. The number of Topliss-reactive ketones (excluding diaryl/α,β-unsaturated/α-hetero) is 1. The van der Waals surface area contributed by atoms with Gasteiger partial charge in [0.2, 0.25) is 0 Å². The number of benzene rings is 1. The van der Waals surface area contributed by atoms with E-state index in [2.05, 4.69) is 6.92 Å². The first kappa shape index (κ1) is 28.3. The van der Waals surface area contributed by atoms with Crippen LogP contribution in [0, 0.1) is 0 Å². The number of rotatable bonds is 12. The predicted octanol–water partition coefficient (Wildman–Crippen LogP) is 0.156. The van der Waals surface area contributed by atoms with E-state index in [4.69, 9.17) is 5.11 Å². The predicted molar refractivity (Wildman–Crippen MR) is 101 cm³/mol. The van der Waals surface area contributed by atoms with Gasteiger partial charge in [-0.2, -0.15) is 0 Å². The van der Waals surface area contributed by atoms with Crippen LogP contribution in [0.3, 0.4) is 0 Å². The Morgan fingerprint density at radius 2 is 1.59 bits per heavy atom. The fraction of sp³-hybridized carbons (Fsp3) is 0.619. The summed E-state index contributed by atoms with van der Waals surface area (Å²) < 4.78 is 0. The number of hydrogen-bond acceptors (Lipinski definition) is 5. The van der Waals surface area contributed by atoms with E-state index < -0.39 is 12.1 Å². The largest absolute Gasteiger partial charge is 1.00 e. The summed E-state index contributed by atoms with van der Waals surface area (Å²) in [6.07, 6.45) is 7.69. The molecule has 148 valence electrons. The van der Waals surface area contributed by atoms with Gasteiger partial charge in [-0.15, -0.1) is 0 Å². The number of phenolic OH excluding ortho intramolecular Hbond substituents is 1. The van der Waals surface area contributed by atoms with E-state index in [0.29, 0.717) is 12.8 Å². The SMILES string of the molecule is CC(=O)CCc1ccc(O)cc1.CCCCCCCC(O)CCC(=O)[O-].[Na+]. The van der Waals surface area contributed by atoms with E-state index in [1.807, 2.05) is 12.1 Å². The third-order valence-electron chi connectivity index (χ3n) is 4.02. The summed E-state index contributed by atoms with van der Waals surface area (Å²) in [5.41, 5.74) is 1.09. The molecular weight excluding hydrogens is 355 g/mol. The van der Waals surface area contributed by atoms with Crippen LogP contribution in [-0.2, 0) is 16.0 Å². The fourth-order valence-corrected chi connectivity index (χ4v) is 2.40. The van der Waals surface area contributed by atoms with Crippen LogP contribution >= 0.6 is 0 Å². The van der Waals surface area contributed by atoms with Gasteiger partial charge in [0.05, 0.1) is 6.10 Å². The van der Waals surface area contributed by atoms with E-state index in [9.17, 15) is 19.8 Å². The van der Waals surface area contributed by atoms with Crippen molar-refractivity contribution in [3.8, 4) is 5.75 Å². The van der Waals surface area contributed by atoms with Gasteiger partial charge in [0, 0.05) is 12.4 Å². The molecule has 0 saturated heterocycles. The maximum absolute atomic E-state index is 10.6. The second-order valence-electron chi connectivity index (χ2n) is 6.64. The summed E-state index contributed by atoms with van der Waals surface area (Å²) in [5, 5.41) is 28.4. The van der Waals surface area contributed by atoms with Crippen LogP contribution in [0.25, 0.3) is 0 Å². The van der Waals surface area contributed by atoms with Crippen molar-refractivity contribution in [2.45, 2.75) is 84.2 Å². The van der Waals surface area contributed by atoms with Crippen LogP contribution in [0.15, 0.2) is 24.3 Å². The molecule has 0 aliphatic carbocycles. The molecule has 0 aliphatic rings. The Morgan fingerprint density at radius 1 is 1.00 bits per heavy atom. The van der Waals surface area contributed by atoms with Gasteiger partial charge in [-0.1, -0.05) is 51.2 Å². The quantitative estimate of drug-likeness (QED) is 0.393. The molecule has 27 heavy (non-hydrogen) atoms. The number of unbranched alkanes of at least 4 members (excludes halogenated alkanes) is 4. The van der Waals surface area contributed by atoms with Crippen molar-refractivity contribution < 1.29 is 54.5 Å². The molecular formula is C21H33NaO5. The van der Waals surface area contributed by atoms with Gasteiger partial charge in [0.1, 0.15) is 11.5 Å². The molecule has 0 bridgehead atoms. The van der Waals surface area contributed by atoms with Gasteiger partial charge in [0.25, 0.3) is 0 Å². The third kappa shape index (κ3) is 19.7. The summed E-state index contributed by atoms with van der Waals surface area (Å²) in [6, 6.07) is 6.93. The Morgan fingerprint density at radius 3 is 2.11 bits per heavy atom. The van der Waals surface area contributed by atoms with Crippen molar-refractivity contribution in [2.75, 3.05) is 0 Å². The monoisotopic (exact) mass is 388 g/mol. The molecule has 0 spiro atoms. The Labute approximate surface area is 185 Å². The van der Waals surface area contributed by atoms with Gasteiger partial charge < -0.3 is 24.9 Å². The first-order chi connectivity index (χ1) is 12.3. The number of aryl methyl sites for hydroxylation is 1. The Kier molecular flexibility index (Phi) is 19.4. The van der Waals surface area contributed by atoms with E-state index in [1.165, 1.54) is 19.3 Å². The molecule has 0 saturated carbocycles. The zero-order valence-electron chi connectivity index (χ0n) is 17.1. The van der Waals surface area contributed by atoms with Crippen molar-refractivity contribution in [3.05, 3.63) is 29.8 Å². The number of carboxylic acid groups (broad SMARTS) is 1.